The zero-order valence-corrected chi connectivity index (χ0v) is 21.1. The summed E-state index contributed by atoms with van der Waals surface area (Å²) in [6.45, 7) is 11.0. The third kappa shape index (κ3) is 7.94. The molecule has 10 nitrogen and oxygen atoms in total. The lowest BCUT2D eigenvalue weighted by atomic mass is 9.75. The summed E-state index contributed by atoms with van der Waals surface area (Å²) < 4.78 is 34.0. The number of carbonyl (C=O) groups is 4. The minimum atomic E-state index is -1.22. The lowest BCUT2D eigenvalue weighted by molar-refractivity contribution is -0.323. The van der Waals surface area contributed by atoms with Crippen molar-refractivity contribution in [3.8, 4) is 0 Å². The standard InChI is InChI=1S/C24H38O10/c1-12(2)18-9-8-13(3)10-19(18)33-24-23(32-17(7)28)22(31-16(6)27)21(30-15(5)26)20(34-24)11-29-14(4)25/h12-13,18-24H,8-11H2,1-7H3/t13-,18+,19-,20+,21+,22-,23-,24-/m0/s1. The summed E-state index contributed by atoms with van der Waals surface area (Å²) in [7, 11) is 0. The minimum absolute atomic E-state index is 0.190. The van der Waals surface area contributed by atoms with E-state index in [1.807, 2.05) is 0 Å². The predicted octanol–water partition coefficient (Wildman–Crippen LogP) is 2.55. The Labute approximate surface area is 200 Å². The van der Waals surface area contributed by atoms with Crippen molar-refractivity contribution in [2.75, 3.05) is 6.61 Å². The van der Waals surface area contributed by atoms with Gasteiger partial charge in [0, 0.05) is 27.7 Å². The molecule has 0 N–H and O–H groups in total. The van der Waals surface area contributed by atoms with Gasteiger partial charge in [0.15, 0.2) is 24.6 Å². The minimum Gasteiger partial charge on any atom is -0.463 e. The molecule has 0 aromatic heterocycles. The molecule has 1 heterocycles. The van der Waals surface area contributed by atoms with Crippen molar-refractivity contribution in [2.45, 2.75) is 105 Å². The highest BCUT2D eigenvalue weighted by molar-refractivity contribution is 5.68. The Morgan fingerprint density at radius 3 is 1.91 bits per heavy atom. The van der Waals surface area contributed by atoms with E-state index >= 15 is 0 Å². The molecule has 1 aliphatic carbocycles. The van der Waals surface area contributed by atoms with Crippen molar-refractivity contribution in [1.29, 1.82) is 0 Å². The average Bonchev–Trinajstić information content (AvgIpc) is 2.69. The zero-order chi connectivity index (χ0) is 25.6. The van der Waals surface area contributed by atoms with Gasteiger partial charge in [0.2, 0.25) is 0 Å². The topological polar surface area (TPSA) is 124 Å². The maximum absolute atomic E-state index is 12.0. The molecule has 2 aliphatic rings. The molecular weight excluding hydrogens is 448 g/mol. The fourth-order valence-corrected chi connectivity index (χ4v) is 4.74. The number of rotatable bonds is 8. The molecular formula is C24H38O10. The largest absolute Gasteiger partial charge is 0.463 e. The Morgan fingerprint density at radius 2 is 1.38 bits per heavy atom. The Hall–Kier alpha value is -2.20. The molecule has 1 aliphatic heterocycles. The van der Waals surface area contributed by atoms with Gasteiger partial charge in [0.25, 0.3) is 0 Å². The van der Waals surface area contributed by atoms with E-state index in [1.54, 1.807) is 0 Å². The third-order valence-electron chi connectivity index (χ3n) is 6.22. The fourth-order valence-electron chi connectivity index (χ4n) is 4.74. The number of hydrogen-bond donors (Lipinski definition) is 0. The van der Waals surface area contributed by atoms with E-state index in [4.69, 9.17) is 28.4 Å². The first kappa shape index (κ1) is 28.0. The van der Waals surface area contributed by atoms with Crippen LogP contribution >= 0.6 is 0 Å². The van der Waals surface area contributed by atoms with Crippen LogP contribution in [0.15, 0.2) is 0 Å². The van der Waals surface area contributed by atoms with Crippen molar-refractivity contribution in [1.82, 2.24) is 0 Å². The summed E-state index contributed by atoms with van der Waals surface area (Å²) in [6.07, 6.45) is -3.07. The highest BCUT2D eigenvalue weighted by atomic mass is 16.7. The third-order valence-corrected chi connectivity index (χ3v) is 6.22. The Kier molecular flexibility index (Phi) is 10.3. The van der Waals surface area contributed by atoms with Crippen LogP contribution in [0.1, 0.15) is 67.7 Å². The van der Waals surface area contributed by atoms with Crippen LogP contribution in [0.3, 0.4) is 0 Å². The maximum atomic E-state index is 12.0. The molecule has 2 fully saturated rings. The first-order valence-corrected chi connectivity index (χ1v) is 11.8. The molecule has 0 spiro atoms. The normalized spacial score (nSPS) is 33.6. The van der Waals surface area contributed by atoms with E-state index in [9.17, 15) is 19.2 Å². The van der Waals surface area contributed by atoms with Gasteiger partial charge in [-0.15, -0.1) is 0 Å². The Morgan fingerprint density at radius 1 is 0.824 bits per heavy atom. The Bertz CT molecular complexity index is 735. The second-order valence-corrected chi connectivity index (χ2v) is 9.57. The fraction of sp³-hybridized carbons (Fsp3) is 0.833. The summed E-state index contributed by atoms with van der Waals surface area (Å²) in [5, 5.41) is 0. The van der Waals surface area contributed by atoms with E-state index < -0.39 is 54.6 Å². The van der Waals surface area contributed by atoms with Crippen molar-refractivity contribution in [2.24, 2.45) is 17.8 Å². The van der Waals surface area contributed by atoms with Gasteiger partial charge in [-0.05, 0) is 30.6 Å². The number of hydrogen-bond acceptors (Lipinski definition) is 10. The molecule has 0 radical (unpaired) electrons. The van der Waals surface area contributed by atoms with E-state index in [1.165, 1.54) is 27.7 Å². The molecule has 8 atom stereocenters. The second-order valence-electron chi connectivity index (χ2n) is 9.57. The van der Waals surface area contributed by atoms with Gasteiger partial charge < -0.3 is 28.4 Å². The molecule has 2 rings (SSSR count). The highest BCUT2D eigenvalue weighted by Gasteiger charge is 2.53. The Balaban J connectivity index is 2.43. The number of esters is 4. The highest BCUT2D eigenvalue weighted by Crippen LogP contribution is 2.38. The van der Waals surface area contributed by atoms with Crippen LogP contribution in [0.2, 0.25) is 0 Å². The van der Waals surface area contributed by atoms with E-state index in [0.717, 1.165) is 19.3 Å². The summed E-state index contributed by atoms with van der Waals surface area (Å²) in [5.41, 5.74) is 0. The van der Waals surface area contributed by atoms with Crippen molar-refractivity contribution in [3.05, 3.63) is 0 Å². The van der Waals surface area contributed by atoms with E-state index in [2.05, 4.69) is 20.8 Å². The first-order chi connectivity index (χ1) is 15.9. The van der Waals surface area contributed by atoms with Crippen molar-refractivity contribution < 1.29 is 47.6 Å². The average molecular weight is 487 g/mol. The monoisotopic (exact) mass is 486 g/mol. The SMILES string of the molecule is CC(=O)OC[C@H]1O[C@H](O[C@H]2C[C@@H](C)CC[C@@H]2C(C)C)[C@@H](OC(C)=O)[C@@H](OC(C)=O)[C@@H]1OC(C)=O. The van der Waals surface area contributed by atoms with Crippen LogP contribution in [0.5, 0.6) is 0 Å². The molecule has 0 unspecified atom stereocenters. The van der Waals surface area contributed by atoms with Crippen LogP contribution in [0, 0.1) is 17.8 Å². The van der Waals surface area contributed by atoms with Gasteiger partial charge in [-0.3, -0.25) is 19.2 Å². The van der Waals surface area contributed by atoms with Crippen LogP contribution in [-0.4, -0.2) is 67.3 Å². The lowest BCUT2D eigenvalue weighted by Gasteiger charge is -2.46. The van der Waals surface area contributed by atoms with E-state index in [0.29, 0.717) is 11.8 Å². The van der Waals surface area contributed by atoms with Gasteiger partial charge in [-0.1, -0.05) is 27.2 Å². The molecule has 0 aromatic carbocycles. The molecule has 0 amide bonds. The van der Waals surface area contributed by atoms with Gasteiger partial charge in [-0.25, -0.2) is 0 Å². The summed E-state index contributed by atoms with van der Waals surface area (Å²) in [6, 6.07) is 0. The van der Waals surface area contributed by atoms with Gasteiger partial charge >= 0.3 is 23.9 Å². The van der Waals surface area contributed by atoms with Gasteiger partial charge in [-0.2, -0.15) is 0 Å². The summed E-state index contributed by atoms with van der Waals surface area (Å²) in [4.78, 5) is 47.2. The first-order valence-electron chi connectivity index (χ1n) is 11.8. The number of carbonyl (C=O) groups excluding carboxylic acids is 4. The molecule has 10 heteroatoms. The summed E-state index contributed by atoms with van der Waals surface area (Å²) >= 11 is 0. The van der Waals surface area contributed by atoms with Crippen LogP contribution in [0.25, 0.3) is 0 Å². The van der Waals surface area contributed by atoms with Gasteiger partial charge in [0.1, 0.15) is 12.7 Å². The van der Waals surface area contributed by atoms with Crippen molar-refractivity contribution >= 4 is 23.9 Å². The molecule has 194 valence electrons. The molecule has 1 saturated heterocycles. The molecule has 34 heavy (non-hydrogen) atoms. The smallest absolute Gasteiger partial charge is 0.303 e. The quantitative estimate of drug-likeness (QED) is 0.373. The lowest BCUT2D eigenvalue weighted by Crippen LogP contribution is -2.63. The zero-order valence-electron chi connectivity index (χ0n) is 21.1. The maximum Gasteiger partial charge on any atom is 0.303 e. The predicted molar refractivity (Wildman–Crippen MR) is 118 cm³/mol. The van der Waals surface area contributed by atoms with Crippen molar-refractivity contribution in [3.63, 3.8) is 0 Å². The second kappa shape index (κ2) is 12.5. The van der Waals surface area contributed by atoms with Gasteiger partial charge in [0.05, 0.1) is 6.10 Å². The van der Waals surface area contributed by atoms with Crippen LogP contribution in [0.4, 0.5) is 0 Å². The molecule has 0 aromatic rings. The molecule has 0 bridgehead atoms. The summed E-state index contributed by atoms with van der Waals surface area (Å²) in [5.74, 6) is -1.50. The number of ether oxygens (including phenoxy) is 6. The molecule has 1 saturated carbocycles. The van der Waals surface area contributed by atoms with Crippen LogP contribution in [-0.2, 0) is 47.6 Å². The van der Waals surface area contributed by atoms with E-state index in [-0.39, 0.29) is 18.6 Å². The van der Waals surface area contributed by atoms with Crippen LogP contribution < -0.4 is 0 Å².